The number of hydrogen-bond donors (Lipinski definition) is 2. The molecular formula is C24H32N4O4S. The van der Waals surface area contributed by atoms with Gasteiger partial charge in [0.15, 0.2) is 0 Å². The molecule has 2 aromatic carbocycles. The predicted octanol–water partition coefficient (Wildman–Crippen LogP) is 2.68. The summed E-state index contributed by atoms with van der Waals surface area (Å²) >= 11 is 0. The van der Waals surface area contributed by atoms with Crippen molar-refractivity contribution in [3.63, 3.8) is 0 Å². The number of rotatable bonds is 8. The lowest BCUT2D eigenvalue weighted by atomic mass is 10.1. The van der Waals surface area contributed by atoms with Crippen LogP contribution < -0.4 is 10.6 Å². The van der Waals surface area contributed by atoms with Crippen molar-refractivity contribution in [1.82, 2.24) is 14.5 Å². The molecule has 178 valence electrons. The second-order valence-electron chi connectivity index (χ2n) is 8.34. The summed E-state index contributed by atoms with van der Waals surface area (Å²) in [7, 11) is -0.0825. The summed E-state index contributed by atoms with van der Waals surface area (Å²) in [5, 5.41) is 5.40. The average Bonchev–Trinajstić information content (AvgIpc) is 3.09. The third-order valence-electron chi connectivity index (χ3n) is 5.65. The van der Waals surface area contributed by atoms with E-state index in [1.807, 2.05) is 24.1 Å². The van der Waals surface area contributed by atoms with Crippen molar-refractivity contribution >= 4 is 27.5 Å². The summed E-state index contributed by atoms with van der Waals surface area (Å²) in [5.74, 6) is -0.331. The van der Waals surface area contributed by atoms with Crippen LogP contribution in [0.15, 0.2) is 53.4 Å². The zero-order chi connectivity index (χ0) is 23.8. The average molecular weight is 473 g/mol. The zero-order valence-corrected chi connectivity index (χ0v) is 20.0. The van der Waals surface area contributed by atoms with E-state index < -0.39 is 10.0 Å². The van der Waals surface area contributed by atoms with Crippen molar-refractivity contribution in [2.24, 2.45) is 0 Å². The highest BCUT2D eigenvalue weighted by molar-refractivity contribution is 7.89. The van der Waals surface area contributed by atoms with Gasteiger partial charge >= 0.3 is 0 Å². The Hall–Kier alpha value is -2.75. The number of carbonyl (C=O) groups excluding carboxylic acids is 2. The van der Waals surface area contributed by atoms with Gasteiger partial charge in [-0.15, -0.1) is 0 Å². The summed E-state index contributed by atoms with van der Waals surface area (Å²) < 4.78 is 27.3. The van der Waals surface area contributed by atoms with Crippen LogP contribution in [0.5, 0.6) is 0 Å². The SMILES string of the molecule is CNC(=O)c1ccc(CN(C)CC(=O)Nc2ccc(S(=O)(=O)N3CCCCCC3)cc2)cc1. The van der Waals surface area contributed by atoms with Gasteiger partial charge in [0.1, 0.15) is 0 Å². The van der Waals surface area contributed by atoms with Gasteiger partial charge in [-0.3, -0.25) is 14.5 Å². The normalized spacial score (nSPS) is 15.1. The van der Waals surface area contributed by atoms with Crippen LogP contribution in [0.25, 0.3) is 0 Å². The van der Waals surface area contributed by atoms with Crippen LogP contribution in [0.4, 0.5) is 5.69 Å². The quantitative estimate of drug-likeness (QED) is 0.616. The number of nitrogens with zero attached hydrogens (tertiary/aromatic N) is 2. The van der Waals surface area contributed by atoms with Crippen molar-refractivity contribution in [3.05, 3.63) is 59.7 Å². The number of anilines is 1. The van der Waals surface area contributed by atoms with Crippen molar-refractivity contribution in [3.8, 4) is 0 Å². The molecule has 0 aliphatic carbocycles. The van der Waals surface area contributed by atoms with Gasteiger partial charge in [0.2, 0.25) is 15.9 Å². The molecule has 9 heteroatoms. The maximum Gasteiger partial charge on any atom is 0.251 e. The molecule has 3 rings (SSSR count). The topological polar surface area (TPSA) is 98.8 Å². The maximum atomic E-state index is 12.9. The minimum Gasteiger partial charge on any atom is -0.355 e. The molecule has 0 bridgehead atoms. The first kappa shape index (κ1) is 24.9. The van der Waals surface area contributed by atoms with Crippen LogP contribution in [0, 0.1) is 0 Å². The third kappa shape index (κ3) is 6.86. The van der Waals surface area contributed by atoms with E-state index in [4.69, 9.17) is 0 Å². The molecule has 0 radical (unpaired) electrons. The largest absolute Gasteiger partial charge is 0.355 e. The molecule has 0 aromatic heterocycles. The maximum absolute atomic E-state index is 12.9. The highest BCUT2D eigenvalue weighted by atomic mass is 32.2. The lowest BCUT2D eigenvalue weighted by Gasteiger charge is -2.20. The van der Waals surface area contributed by atoms with Crippen LogP contribution in [-0.2, 0) is 21.4 Å². The molecule has 0 unspecified atom stereocenters. The standard InChI is InChI=1S/C24H32N4O4S/c1-25-24(30)20-9-7-19(8-10-20)17-27(2)18-23(29)26-21-11-13-22(14-12-21)33(31,32)28-15-5-3-4-6-16-28/h7-14H,3-6,15-18H2,1-2H3,(H,25,30)(H,26,29). The fourth-order valence-electron chi connectivity index (χ4n) is 3.86. The Bertz CT molecular complexity index is 1040. The monoisotopic (exact) mass is 472 g/mol. The van der Waals surface area contributed by atoms with Crippen molar-refractivity contribution in [2.45, 2.75) is 37.1 Å². The lowest BCUT2D eigenvalue weighted by molar-refractivity contribution is -0.117. The molecule has 8 nitrogen and oxygen atoms in total. The first-order valence-corrected chi connectivity index (χ1v) is 12.6. The molecule has 2 N–H and O–H groups in total. The highest BCUT2D eigenvalue weighted by Gasteiger charge is 2.25. The van der Waals surface area contributed by atoms with Crippen molar-refractivity contribution < 1.29 is 18.0 Å². The molecule has 1 heterocycles. The van der Waals surface area contributed by atoms with E-state index in [-0.39, 0.29) is 23.3 Å². The molecule has 2 amide bonds. The van der Waals surface area contributed by atoms with E-state index in [9.17, 15) is 18.0 Å². The van der Waals surface area contributed by atoms with Crippen molar-refractivity contribution in [1.29, 1.82) is 0 Å². The third-order valence-corrected chi connectivity index (χ3v) is 7.56. The minimum absolute atomic E-state index is 0.139. The van der Waals surface area contributed by atoms with Gasteiger partial charge in [0.25, 0.3) is 5.91 Å². The molecular weight excluding hydrogens is 440 g/mol. The van der Waals surface area contributed by atoms with Gasteiger partial charge in [0.05, 0.1) is 11.4 Å². The molecule has 0 spiro atoms. The van der Waals surface area contributed by atoms with Gasteiger partial charge in [-0.05, 0) is 61.9 Å². The Balaban J connectivity index is 1.53. The van der Waals surface area contributed by atoms with E-state index in [2.05, 4.69) is 10.6 Å². The van der Waals surface area contributed by atoms with Crippen LogP contribution in [0.1, 0.15) is 41.6 Å². The second kappa shape index (κ2) is 11.4. The molecule has 1 saturated heterocycles. The van der Waals surface area contributed by atoms with E-state index in [1.165, 1.54) is 0 Å². The molecule has 1 aliphatic heterocycles. The molecule has 0 saturated carbocycles. The fraction of sp³-hybridized carbons (Fsp3) is 0.417. The van der Waals surface area contributed by atoms with Crippen LogP contribution in [0.3, 0.4) is 0 Å². The summed E-state index contributed by atoms with van der Waals surface area (Å²) in [5.41, 5.74) is 2.13. The zero-order valence-electron chi connectivity index (χ0n) is 19.2. The first-order valence-electron chi connectivity index (χ1n) is 11.2. The summed E-state index contributed by atoms with van der Waals surface area (Å²) in [6, 6.07) is 13.6. The molecule has 2 aromatic rings. The molecule has 0 atom stereocenters. The van der Waals surface area contributed by atoms with Gasteiger partial charge in [-0.25, -0.2) is 8.42 Å². The Morgan fingerprint density at radius 2 is 1.55 bits per heavy atom. The van der Waals surface area contributed by atoms with Gasteiger partial charge in [0, 0.05) is 37.9 Å². The second-order valence-corrected chi connectivity index (χ2v) is 10.3. The van der Waals surface area contributed by atoms with Gasteiger partial charge in [-0.1, -0.05) is 25.0 Å². The fourth-order valence-corrected chi connectivity index (χ4v) is 5.38. The predicted molar refractivity (Wildman–Crippen MR) is 128 cm³/mol. The first-order chi connectivity index (χ1) is 15.8. The van der Waals surface area contributed by atoms with Crippen LogP contribution in [0.2, 0.25) is 0 Å². The molecule has 1 fully saturated rings. The van der Waals surface area contributed by atoms with Gasteiger partial charge < -0.3 is 10.6 Å². The molecule has 33 heavy (non-hydrogen) atoms. The highest BCUT2D eigenvalue weighted by Crippen LogP contribution is 2.21. The van der Waals surface area contributed by atoms with Gasteiger partial charge in [-0.2, -0.15) is 4.31 Å². The number of likely N-dealkylation sites (N-methyl/N-ethyl adjacent to an activating group) is 1. The number of hydrogen-bond acceptors (Lipinski definition) is 5. The van der Waals surface area contributed by atoms with Crippen molar-refractivity contribution in [2.75, 3.05) is 39.0 Å². The number of carbonyl (C=O) groups is 2. The summed E-state index contributed by atoms with van der Waals surface area (Å²) in [6.45, 7) is 1.84. The number of benzene rings is 2. The van der Waals surface area contributed by atoms with E-state index >= 15 is 0 Å². The summed E-state index contributed by atoms with van der Waals surface area (Å²) in [4.78, 5) is 26.2. The van der Waals surface area contributed by atoms with Crippen LogP contribution >= 0.6 is 0 Å². The Kier molecular flexibility index (Phi) is 8.60. The minimum atomic E-state index is -3.51. The Morgan fingerprint density at radius 1 is 0.939 bits per heavy atom. The Labute approximate surface area is 196 Å². The van der Waals surface area contributed by atoms with Crippen LogP contribution in [-0.4, -0.2) is 63.2 Å². The number of amides is 2. The smallest absolute Gasteiger partial charge is 0.251 e. The van der Waals surface area contributed by atoms with E-state index in [0.29, 0.717) is 30.9 Å². The lowest BCUT2D eigenvalue weighted by Crippen LogP contribution is -2.32. The molecule has 1 aliphatic rings. The summed E-state index contributed by atoms with van der Waals surface area (Å²) in [6.07, 6.45) is 3.90. The van der Waals surface area contributed by atoms with E-state index in [1.54, 1.807) is 47.8 Å². The van der Waals surface area contributed by atoms with E-state index in [0.717, 1.165) is 31.2 Å². The number of sulfonamides is 1. The number of nitrogens with one attached hydrogen (secondary N) is 2. The Morgan fingerprint density at radius 3 is 2.12 bits per heavy atom.